The first-order valence-electron chi connectivity index (χ1n) is 11.2. The van der Waals surface area contributed by atoms with Crippen molar-refractivity contribution >= 4 is 22.1 Å². The molecule has 0 saturated carbocycles. The minimum Gasteiger partial charge on any atom is -0.493 e. The molecule has 0 atom stereocenters. The van der Waals surface area contributed by atoms with E-state index >= 15 is 0 Å². The summed E-state index contributed by atoms with van der Waals surface area (Å²) in [5, 5.41) is 2.48. The highest BCUT2D eigenvalue weighted by Gasteiger charge is 2.32. The lowest BCUT2D eigenvalue weighted by Crippen LogP contribution is -2.43. The van der Waals surface area contributed by atoms with Crippen LogP contribution in [-0.2, 0) is 32.4 Å². The molecule has 0 aliphatic carbocycles. The third-order valence-corrected chi connectivity index (χ3v) is 6.04. The fourth-order valence-corrected chi connectivity index (χ4v) is 4.21. The maximum atomic E-state index is 13.1. The number of rotatable bonds is 11. The number of carbonyl (C=O) groups is 2. The Morgan fingerprint density at radius 1 is 1.08 bits per heavy atom. The summed E-state index contributed by atoms with van der Waals surface area (Å²) >= 11 is 0. The Bertz CT molecular complexity index is 1200. The highest BCUT2D eigenvalue weighted by molar-refractivity contribution is 7.87. The Balaban J connectivity index is 2.30. The molecule has 204 valence electrons. The number of urea groups is 1. The molecule has 0 aromatic heterocycles. The van der Waals surface area contributed by atoms with Gasteiger partial charge in [0.25, 0.3) is 0 Å². The molecule has 0 spiro atoms. The summed E-state index contributed by atoms with van der Waals surface area (Å²) in [4.78, 5) is 25.0. The van der Waals surface area contributed by atoms with Crippen molar-refractivity contribution in [3.05, 3.63) is 53.6 Å². The molecule has 2 aromatic rings. The summed E-state index contributed by atoms with van der Waals surface area (Å²) in [6, 6.07) is 6.93. The second-order valence-electron chi connectivity index (χ2n) is 8.29. The number of ether oxygens (including phenoxy) is 2. The van der Waals surface area contributed by atoms with E-state index in [-0.39, 0.29) is 37.1 Å². The van der Waals surface area contributed by atoms with Crippen molar-refractivity contribution in [2.75, 3.05) is 26.8 Å². The van der Waals surface area contributed by atoms with Crippen molar-refractivity contribution in [1.29, 1.82) is 0 Å². The molecule has 0 aliphatic heterocycles. The van der Waals surface area contributed by atoms with Crippen molar-refractivity contribution in [1.82, 2.24) is 10.2 Å². The molecule has 0 bridgehead atoms. The largest absolute Gasteiger partial charge is 0.493 e. The molecule has 37 heavy (non-hydrogen) atoms. The van der Waals surface area contributed by atoms with E-state index in [1.54, 1.807) is 13.0 Å². The summed E-state index contributed by atoms with van der Waals surface area (Å²) < 4.78 is 79.8. The van der Waals surface area contributed by atoms with Gasteiger partial charge in [-0.25, -0.2) is 4.79 Å². The second kappa shape index (κ2) is 12.7. The van der Waals surface area contributed by atoms with E-state index < -0.39 is 38.8 Å². The molecule has 0 fully saturated rings. The zero-order chi connectivity index (χ0) is 27.8. The van der Waals surface area contributed by atoms with Crippen LogP contribution in [0.5, 0.6) is 11.5 Å². The number of amides is 2. The molecular formula is C24H29F3N2O7S. The molecule has 2 amide bonds. The van der Waals surface area contributed by atoms with Crippen LogP contribution in [0.1, 0.15) is 31.9 Å². The third-order valence-electron chi connectivity index (χ3n) is 4.81. The van der Waals surface area contributed by atoms with Crippen LogP contribution in [0.3, 0.4) is 0 Å². The van der Waals surface area contributed by atoms with Gasteiger partial charge in [0, 0.05) is 13.1 Å². The van der Waals surface area contributed by atoms with Crippen molar-refractivity contribution < 1.29 is 44.8 Å². The molecule has 2 aromatic carbocycles. The summed E-state index contributed by atoms with van der Waals surface area (Å²) in [5.41, 5.74) is -0.696. The van der Waals surface area contributed by atoms with Gasteiger partial charge >= 0.3 is 28.3 Å². The van der Waals surface area contributed by atoms with Gasteiger partial charge in [-0.05, 0) is 48.7 Å². The minimum absolute atomic E-state index is 0.0107. The van der Waals surface area contributed by atoms with E-state index in [0.29, 0.717) is 18.2 Å². The summed E-state index contributed by atoms with van der Waals surface area (Å²) in [7, 11) is -3.39. The predicted molar refractivity (Wildman–Crippen MR) is 128 cm³/mol. The fraction of sp³-hybridized carbons (Fsp3) is 0.417. The molecule has 0 heterocycles. The van der Waals surface area contributed by atoms with E-state index in [2.05, 4.69) is 5.32 Å². The van der Waals surface area contributed by atoms with Crippen LogP contribution in [-0.4, -0.2) is 52.1 Å². The normalized spacial score (nSPS) is 11.7. The first-order valence-corrected chi connectivity index (χ1v) is 12.6. The molecule has 9 nitrogen and oxygen atoms in total. The Kier molecular flexibility index (Phi) is 10.2. The van der Waals surface area contributed by atoms with Gasteiger partial charge in [0.1, 0.15) is 11.4 Å². The molecule has 0 saturated heterocycles. The van der Waals surface area contributed by atoms with Crippen molar-refractivity contribution in [2.45, 2.75) is 38.4 Å². The molecule has 0 aliphatic rings. The van der Waals surface area contributed by atoms with Crippen LogP contribution in [0.25, 0.3) is 0 Å². The number of halogens is 3. The number of nitrogens with zero attached hydrogens (tertiary/aromatic N) is 1. The summed E-state index contributed by atoms with van der Waals surface area (Å²) in [6.07, 6.45) is -4.74. The van der Waals surface area contributed by atoms with Gasteiger partial charge in [-0.3, -0.25) is 4.79 Å². The average molecular weight is 547 g/mol. The van der Waals surface area contributed by atoms with E-state index in [1.807, 2.05) is 13.8 Å². The van der Waals surface area contributed by atoms with Gasteiger partial charge in [-0.15, -0.1) is 0 Å². The quantitative estimate of drug-likeness (QED) is 0.332. The van der Waals surface area contributed by atoms with Crippen molar-refractivity contribution in [3.8, 4) is 11.5 Å². The van der Waals surface area contributed by atoms with Gasteiger partial charge < -0.3 is 23.9 Å². The molecule has 0 radical (unpaired) electrons. The fourth-order valence-electron chi connectivity index (χ4n) is 3.23. The number of hydrogen-bond acceptors (Lipinski definition) is 7. The van der Waals surface area contributed by atoms with Crippen LogP contribution >= 0.6 is 0 Å². The van der Waals surface area contributed by atoms with E-state index in [4.69, 9.17) is 13.7 Å². The zero-order valence-electron chi connectivity index (χ0n) is 20.8. The molecule has 1 N–H and O–H groups in total. The number of carbonyl (C=O) groups excluding carboxylic acids is 2. The third kappa shape index (κ3) is 8.85. The summed E-state index contributed by atoms with van der Waals surface area (Å²) in [5.74, 6) is -0.792. The topological polar surface area (TPSA) is 111 Å². The molecular weight excluding hydrogens is 517 g/mol. The van der Waals surface area contributed by atoms with Crippen LogP contribution in [0.2, 0.25) is 0 Å². The Morgan fingerprint density at radius 3 is 2.38 bits per heavy atom. The minimum atomic E-state index is -4.74. The average Bonchev–Trinajstić information content (AvgIpc) is 2.81. The van der Waals surface area contributed by atoms with Gasteiger partial charge in [0.05, 0.1) is 19.3 Å². The molecule has 13 heteroatoms. The second-order valence-corrected chi connectivity index (χ2v) is 9.83. The van der Waals surface area contributed by atoms with E-state index in [0.717, 1.165) is 18.2 Å². The molecule has 2 rings (SSSR count). The van der Waals surface area contributed by atoms with Gasteiger partial charge in [0.15, 0.2) is 11.5 Å². The Labute approximate surface area is 213 Å². The monoisotopic (exact) mass is 546 g/mol. The predicted octanol–water partition coefficient (Wildman–Crippen LogP) is 4.21. The lowest BCUT2D eigenvalue weighted by atomic mass is 10.1. The van der Waals surface area contributed by atoms with E-state index in [9.17, 15) is 31.2 Å². The molecule has 0 unspecified atom stereocenters. The van der Waals surface area contributed by atoms with Crippen LogP contribution in [0, 0.1) is 5.92 Å². The first kappa shape index (κ1) is 29.7. The maximum Gasteiger partial charge on any atom is 0.416 e. The Hall–Kier alpha value is -3.48. The standard InChI is InChI=1S/C24H29F3N2O7S/c1-5-35-22(30)13-28-23(31)29(14-16(2)3)15-17-9-10-20(34-4)21(11-17)36-37(32,33)19-8-6-7-18(12-19)24(25,26)27/h6-12,16H,5,13-15H2,1-4H3,(H,28,31). The van der Waals surface area contributed by atoms with Crippen molar-refractivity contribution in [3.63, 3.8) is 0 Å². The van der Waals surface area contributed by atoms with Crippen LogP contribution in [0.4, 0.5) is 18.0 Å². The van der Waals surface area contributed by atoms with E-state index in [1.165, 1.54) is 24.1 Å². The number of benzene rings is 2. The summed E-state index contributed by atoms with van der Waals surface area (Å²) in [6.45, 7) is 5.57. The van der Waals surface area contributed by atoms with Crippen molar-refractivity contribution in [2.24, 2.45) is 5.92 Å². The number of methoxy groups -OCH3 is 1. The van der Waals surface area contributed by atoms with Crippen LogP contribution in [0.15, 0.2) is 47.4 Å². The highest BCUT2D eigenvalue weighted by atomic mass is 32.2. The lowest BCUT2D eigenvalue weighted by molar-refractivity contribution is -0.142. The maximum absolute atomic E-state index is 13.1. The van der Waals surface area contributed by atoms with Crippen LogP contribution < -0.4 is 14.2 Å². The SMILES string of the molecule is CCOC(=O)CNC(=O)N(Cc1ccc(OC)c(OS(=O)(=O)c2cccc(C(F)(F)F)c2)c1)CC(C)C. The number of esters is 1. The zero-order valence-corrected chi connectivity index (χ0v) is 21.6. The van der Waals surface area contributed by atoms with Gasteiger partial charge in [-0.1, -0.05) is 26.0 Å². The lowest BCUT2D eigenvalue weighted by Gasteiger charge is -2.25. The number of alkyl halides is 3. The van der Waals surface area contributed by atoms with Gasteiger partial charge in [0.2, 0.25) is 0 Å². The van der Waals surface area contributed by atoms with Gasteiger partial charge in [-0.2, -0.15) is 21.6 Å². The highest BCUT2D eigenvalue weighted by Crippen LogP contribution is 2.34. The first-order chi connectivity index (χ1) is 17.3. The smallest absolute Gasteiger partial charge is 0.416 e. The Morgan fingerprint density at radius 2 is 1.78 bits per heavy atom. The number of nitrogens with one attached hydrogen (secondary N) is 1. The number of hydrogen-bond donors (Lipinski definition) is 1.